The number of aliphatic hydroxyl groups excluding tert-OH is 1. The smallest absolute Gasteiger partial charge is 0.341 e. The van der Waals surface area contributed by atoms with Crippen LogP contribution in [-0.4, -0.2) is 53.2 Å². The van der Waals surface area contributed by atoms with E-state index >= 15 is 0 Å². The van der Waals surface area contributed by atoms with Crippen LogP contribution in [0.5, 0.6) is 11.5 Å². The molecule has 0 unspecified atom stereocenters. The van der Waals surface area contributed by atoms with E-state index < -0.39 is 29.7 Å². The van der Waals surface area contributed by atoms with Crippen molar-refractivity contribution in [3.8, 4) is 11.5 Å². The van der Waals surface area contributed by atoms with E-state index in [4.69, 9.17) is 9.47 Å². The van der Waals surface area contributed by atoms with Gasteiger partial charge in [-0.2, -0.15) is 0 Å². The zero-order valence-electron chi connectivity index (χ0n) is 13.6. The summed E-state index contributed by atoms with van der Waals surface area (Å²) in [4.78, 5) is 23.0. The summed E-state index contributed by atoms with van der Waals surface area (Å²) < 4.78 is 14.8. The average molecular weight is 340 g/mol. The van der Waals surface area contributed by atoms with Crippen molar-refractivity contribution in [2.75, 3.05) is 14.2 Å². The summed E-state index contributed by atoms with van der Waals surface area (Å²) in [7, 11) is 2.62. The monoisotopic (exact) mass is 340 g/mol. The summed E-state index contributed by atoms with van der Waals surface area (Å²) in [5.74, 6) is -1.32. The predicted octanol–water partition coefficient (Wildman–Crippen LogP) is 0.216. The number of methoxy groups -OCH3 is 2. The molecule has 132 valence electrons. The normalized spacial score (nSPS) is 26.1. The molecule has 8 heteroatoms. The van der Waals surface area contributed by atoms with Crippen molar-refractivity contribution in [1.82, 2.24) is 0 Å². The van der Waals surface area contributed by atoms with Crippen LogP contribution in [0.15, 0.2) is 12.1 Å². The number of hydrogen-bond donors (Lipinski definition) is 3. The van der Waals surface area contributed by atoms with Gasteiger partial charge in [0.2, 0.25) is 0 Å². The van der Waals surface area contributed by atoms with E-state index in [1.54, 1.807) is 0 Å². The molecule has 1 heterocycles. The molecule has 24 heavy (non-hydrogen) atoms. The first-order valence-corrected chi connectivity index (χ1v) is 7.30. The number of hydrogen-bond acceptors (Lipinski definition) is 8. The summed E-state index contributed by atoms with van der Waals surface area (Å²) in [6.07, 6.45) is -2.43. The molecular formula is C16H20O8. The number of aromatic hydroxyl groups is 1. The van der Waals surface area contributed by atoms with Crippen LogP contribution in [0.4, 0.5) is 0 Å². The minimum absolute atomic E-state index is 0.0422. The van der Waals surface area contributed by atoms with Gasteiger partial charge >= 0.3 is 11.9 Å². The van der Waals surface area contributed by atoms with E-state index in [0.717, 1.165) is 6.92 Å². The molecular weight excluding hydrogens is 320 g/mol. The van der Waals surface area contributed by atoms with Gasteiger partial charge in [-0.15, -0.1) is 0 Å². The summed E-state index contributed by atoms with van der Waals surface area (Å²) in [6, 6.07) is 2.77. The first-order valence-electron chi connectivity index (χ1n) is 7.30. The zero-order valence-corrected chi connectivity index (χ0v) is 13.6. The Hall–Kier alpha value is -2.32. The third-order valence-electron chi connectivity index (χ3n) is 4.07. The SMILES string of the molecule is COC(=O)CCc1cc([C@H]2OC(=O)[C@](C)(O)[C@@H]2O)c(OC)cc1O. The second-order valence-corrected chi connectivity index (χ2v) is 5.72. The highest BCUT2D eigenvalue weighted by Gasteiger charge is 2.54. The Morgan fingerprint density at radius 3 is 2.54 bits per heavy atom. The molecule has 0 aromatic heterocycles. The van der Waals surface area contributed by atoms with Crippen LogP contribution in [0.1, 0.15) is 30.6 Å². The van der Waals surface area contributed by atoms with Crippen LogP contribution in [0.25, 0.3) is 0 Å². The van der Waals surface area contributed by atoms with Crippen molar-refractivity contribution in [1.29, 1.82) is 0 Å². The number of ether oxygens (including phenoxy) is 3. The molecule has 1 saturated heterocycles. The molecule has 1 fully saturated rings. The highest BCUT2D eigenvalue weighted by Crippen LogP contribution is 2.42. The van der Waals surface area contributed by atoms with E-state index in [1.165, 1.54) is 26.4 Å². The lowest BCUT2D eigenvalue weighted by Gasteiger charge is -2.21. The maximum absolute atomic E-state index is 11.7. The van der Waals surface area contributed by atoms with Gasteiger partial charge in [-0.3, -0.25) is 4.79 Å². The highest BCUT2D eigenvalue weighted by atomic mass is 16.6. The third kappa shape index (κ3) is 3.15. The van der Waals surface area contributed by atoms with Gasteiger partial charge in [-0.1, -0.05) is 0 Å². The fraction of sp³-hybridized carbons (Fsp3) is 0.500. The summed E-state index contributed by atoms with van der Waals surface area (Å²) in [5.41, 5.74) is -1.36. The van der Waals surface area contributed by atoms with Crippen molar-refractivity contribution < 1.29 is 39.1 Å². The van der Waals surface area contributed by atoms with Gasteiger partial charge in [0.15, 0.2) is 11.7 Å². The molecule has 1 aromatic carbocycles. The van der Waals surface area contributed by atoms with Crippen LogP contribution >= 0.6 is 0 Å². The lowest BCUT2D eigenvalue weighted by molar-refractivity contribution is -0.155. The van der Waals surface area contributed by atoms with Gasteiger partial charge in [0.1, 0.15) is 17.6 Å². The average Bonchev–Trinajstić information content (AvgIpc) is 2.76. The standard InChI is InChI=1S/C16H20O8/c1-16(21)14(19)13(24-15(16)20)9-6-8(4-5-12(18)23-3)10(17)7-11(9)22-2/h6-7,13-14,17,19,21H,4-5H2,1-3H3/t13-,14-,16-/m1/s1. The molecule has 0 bridgehead atoms. The quantitative estimate of drug-likeness (QED) is 0.651. The van der Waals surface area contributed by atoms with Gasteiger partial charge in [-0.05, 0) is 25.0 Å². The number of benzene rings is 1. The number of phenolic OH excluding ortho intramolecular Hbond substituents is 1. The van der Waals surface area contributed by atoms with Gasteiger partial charge < -0.3 is 29.5 Å². The number of carbonyl (C=O) groups excluding carboxylic acids is 2. The van der Waals surface area contributed by atoms with Crippen LogP contribution in [0.2, 0.25) is 0 Å². The molecule has 2 rings (SSSR count). The maximum Gasteiger partial charge on any atom is 0.341 e. The van der Waals surface area contributed by atoms with Crippen molar-refractivity contribution in [2.24, 2.45) is 0 Å². The van der Waals surface area contributed by atoms with Gasteiger partial charge in [-0.25, -0.2) is 4.79 Å². The lowest BCUT2D eigenvalue weighted by atomic mass is 9.92. The number of esters is 2. The van der Waals surface area contributed by atoms with Gasteiger partial charge in [0.05, 0.1) is 14.2 Å². The minimum atomic E-state index is -2.04. The fourth-order valence-corrected chi connectivity index (χ4v) is 2.52. The molecule has 8 nitrogen and oxygen atoms in total. The number of rotatable bonds is 5. The second kappa shape index (κ2) is 6.66. The first-order chi connectivity index (χ1) is 11.2. The zero-order chi connectivity index (χ0) is 18.1. The Bertz CT molecular complexity index is 652. The molecule has 3 atom stereocenters. The summed E-state index contributed by atoms with van der Waals surface area (Å²) in [5, 5.41) is 30.2. The molecule has 0 spiro atoms. The Morgan fingerprint density at radius 2 is 2.04 bits per heavy atom. The molecule has 3 N–H and O–H groups in total. The van der Waals surface area contributed by atoms with E-state index in [9.17, 15) is 24.9 Å². The third-order valence-corrected chi connectivity index (χ3v) is 4.07. The second-order valence-electron chi connectivity index (χ2n) is 5.72. The first kappa shape index (κ1) is 18.0. The van der Waals surface area contributed by atoms with Crippen LogP contribution in [-0.2, 0) is 25.5 Å². The highest BCUT2D eigenvalue weighted by molar-refractivity contribution is 5.82. The number of aryl methyl sites for hydroxylation is 1. The molecule has 1 aliphatic rings. The number of carbonyl (C=O) groups is 2. The molecule has 0 saturated carbocycles. The Morgan fingerprint density at radius 1 is 1.38 bits per heavy atom. The number of cyclic esters (lactones) is 1. The van der Waals surface area contributed by atoms with E-state index in [1.807, 2.05) is 0 Å². The topological polar surface area (TPSA) is 123 Å². The van der Waals surface area contributed by atoms with Crippen molar-refractivity contribution in [3.63, 3.8) is 0 Å². The van der Waals surface area contributed by atoms with Crippen LogP contribution < -0.4 is 4.74 Å². The van der Waals surface area contributed by atoms with Crippen LogP contribution in [0, 0.1) is 0 Å². The van der Waals surface area contributed by atoms with Gasteiger partial charge in [0, 0.05) is 18.1 Å². The van der Waals surface area contributed by atoms with Gasteiger partial charge in [0.25, 0.3) is 0 Å². The number of aliphatic hydroxyl groups is 2. The maximum atomic E-state index is 11.7. The molecule has 1 aliphatic heterocycles. The Labute approximate surface area is 138 Å². The Balaban J connectivity index is 2.38. The summed E-state index contributed by atoms with van der Waals surface area (Å²) in [6.45, 7) is 1.16. The number of phenols is 1. The largest absolute Gasteiger partial charge is 0.508 e. The molecule has 0 amide bonds. The van der Waals surface area contributed by atoms with Crippen molar-refractivity contribution in [2.45, 2.75) is 37.6 Å². The van der Waals surface area contributed by atoms with Crippen molar-refractivity contribution >= 4 is 11.9 Å². The van der Waals surface area contributed by atoms with Crippen LogP contribution in [0.3, 0.4) is 0 Å². The van der Waals surface area contributed by atoms with E-state index in [2.05, 4.69) is 4.74 Å². The van der Waals surface area contributed by atoms with E-state index in [-0.39, 0.29) is 29.9 Å². The predicted molar refractivity (Wildman–Crippen MR) is 80.5 cm³/mol. The van der Waals surface area contributed by atoms with Crippen molar-refractivity contribution in [3.05, 3.63) is 23.3 Å². The fourth-order valence-electron chi connectivity index (χ4n) is 2.52. The molecule has 1 aromatic rings. The molecule has 0 aliphatic carbocycles. The molecule has 0 radical (unpaired) electrons. The lowest BCUT2D eigenvalue weighted by Crippen LogP contribution is -2.41. The minimum Gasteiger partial charge on any atom is -0.508 e. The Kier molecular flexibility index (Phi) is 5.00. The van der Waals surface area contributed by atoms with E-state index in [0.29, 0.717) is 5.56 Å². The summed E-state index contributed by atoms with van der Waals surface area (Å²) >= 11 is 0.